The van der Waals surface area contributed by atoms with Crippen LogP contribution in [0.2, 0.25) is 0 Å². The van der Waals surface area contributed by atoms with Crippen molar-refractivity contribution < 1.29 is 0 Å². The molecule has 0 aliphatic rings. The number of allylic oxidation sites excluding steroid dienone is 1. The fourth-order valence-electron chi connectivity index (χ4n) is 1.74. The van der Waals surface area contributed by atoms with E-state index in [-0.39, 0.29) is 0 Å². The molecular formula is C16H17N. The molecule has 0 fully saturated rings. The predicted molar refractivity (Wildman–Crippen MR) is 74.9 cm³/mol. The van der Waals surface area contributed by atoms with Crippen LogP contribution in [0.5, 0.6) is 0 Å². The highest BCUT2D eigenvalue weighted by molar-refractivity contribution is 5.60. The molecule has 2 aromatic rings. The van der Waals surface area contributed by atoms with E-state index in [0.29, 0.717) is 0 Å². The Morgan fingerprint density at radius 2 is 1.41 bits per heavy atom. The van der Waals surface area contributed by atoms with Crippen molar-refractivity contribution in [3.8, 4) is 0 Å². The van der Waals surface area contributed by atoms with Gasteiger partial charge >= 0.3 is 0 Å². The van der Waals surface area contributed by atoms with Crippen molar-refractivity contribution in [2.45, 2.75) is 6.92 Å². The molecule has 1 heteroatoms. The molecule has 17 heavy (non-hydrogen) atoms. The Morgan fingerprint density at radius 1 is 0.882 bits per heavy atom. The SMILES string of the molecule is C/C(=C\c1ccccc1)N(C)c1ccccc1. The Labute approximate surface area is 103 Å². The monoisotopic (exact) mass is 223 g/mol. The first-order valence-corrected chi connectivity index (χ1v) is 5.79. The van der Waals surface area contributed by atoms with E-state index in [1.165, 1.54) is 16.9 Å². The van der Waals surface area contributed by atoms with E-state index in [0.717, 1.165) is 0 Å². The summed E-state index contributed by atoms with van der Waals surface area (Å²) in [7, 11) is 2.09. The second kappa shape index (κ2) is 5.35. The highest BCUT2D eigenvalue weighted by Gasteiger charge is 2.01. The van der Waals surface area contributed by atoms with Crippen LogP contribution < -0.4 is 4.90 Å². The molecule has 0 saturated carbocycles. The number of nitrogens with zero attached hydrogens (tertiary/aromatic N) is 1. The average Bonchev–Trinajstić information content (AvgIpc) is 2.40. The van der Waals surface area contributed by atoms with Crippen LogP contribution in [0.3, 0.4) is 0 Å². The molecule has 0 atom stereocenters. The summed E-state index contributed by atoms with van der Waals surface area (Å²) in [6.45, 7) is 2.12. The van der Waals surface area contributed by atoms with Gasteiger partial charge in [0.2, 0.25) is 0 Å². The minimum absolute atomic E-state index is 1.21. The molecule has 86 valence electrons. The zero-order valence-electron chi connectivity index (χ0n) is 10.3. The van der Waals surface area contributed by atoms with Crippen LogP contribution in [0.15, 0.2) is 66.4 Å². The van der Waals surface area contributed by atoms with Crippen molar-refractivity contribution >= 4 is 11.8 Å². The van der Waals surface area contributed by atoms with Crippen molar-refractivity contribution in [1.82, 2.24) is 0 Å². The standard InChI is InChI=1S/C16H17N/c1-14(13-15-9-5-3-6-10-15)17(2)16-11-7-4-8-12-16/h3-13H,1-2H3/b14-13+. The summed E-state index contributed by atoms with van der Waals surface area (Å²) in [6.07, 6.45) is 2.19. The molecule has 0 bridgehead atoms. The van der Waals surface area contributed by atoms with Crippen LogP contribution >= 0.6 is 0 Å². The normalized spacial score (nSPS) is 11.3. The topological polar surface area (TPSA) is 3.24 Å². The maximum Gasteiger partial charge on any atom is 0.0405 e. The second-order valence-electron chi connectivity index (χ2n) is 4.09. The molecule has 2 aromatic carbocycles. The zero-order valence-corrected chi connectivity index (χ0v) is 10.3. The van der Waals surface area contributed by atoms with Gasteiger partial charge in [-0.3, -0.25) is 0 Å². The maximum absolute atomic E-state index is 2.19. The molecule has 0 heterocycles. The molecule has 0 spiro atoms. The third-order valence-corrected chi connectivity index (χ3v) is 2.85. The highest BCUT2D eigenvalue weighted by atomic mass is 15.1. The minimum Gasteiger partial charge on any atom is -0.348 e. The first-order chi connectivity index (χ1) is 8.27. The second-order valence-corrected chi connectivity index (χ2v) is 4.09. The molecule has 2 rings (SSSR count). The Kier molecular flexibility index (Phi) is 3.61. The predicted octanol–water partition coefficient (Wildman–Crippen LogP) is 4.18. The van der Waals surface area contributed by atoms with Crippen LogP contribution in [0, 0.1) is 0 Å². The Morgan fingerprint density at radius 3 is 2.00 bits per heavy atom. The van der Waals surface area contributed by atoms with Gasteiger partial charge in [-0.1, -0.05) is 48.5 Å². The first-order valence-electron chi connectivity index (χ1n) is 5.79. The molecule has 0 aliphatic heterocycles. The summed E-state index contributed by atoms with van der Waals surface area (Å²) in [4.78, 5) is 2.19. The zero-order chi connectivity index (χ0) is 12.1. The van der Waals surface area contributed by atoms with Gasteiger partial charge in [-0.25, -0.2) is 0 Å². The number of rotatable bonds is 3. The van der Waals surface area contributed by atoms with Crippen molar-refractivity contribution in [2.75, 3.05) is 11.9 Å². The third-order valence-electron chi connectivity index (χ3n) is 2.85. The lowest BCUT2D eigenvalue weighted by molar-refractivity contribution is 1.10. The Bertz CT molecular complexity index is 485. The quantitative estimate of drug-likeness (QED) is 0.754. The van der Waals surface area contributed by atoms with Gasteiger partial charge in [0.05, 0.1) is 0 Å². The molecule has 0 aromatic heterocycles. The smallest absolute Gasteiger partial charge is 0.0405 e. The summed E-state index contributed by atoms with van der Waals surface area (Å²) < 4.78 is 0. The number of para-hydroxylation sites is 1. The Balaban J connectivity index is 2.21. The van der Waals surface area contributed by atoms with Gasteiger partial charge < -0.3 is 4.90 Å². The van der Waals surface area contributed by atoms with E-state index < -0.39 is 0 Å². The van der Waals surface area contributed by atoms with E-state index in [9.17, 15) is 0 Å². The van der Waals surface area contributed by atoms with E-state index in [1.807, 2.05) is 12.1 Å². The van der Waals surface area contributed by atoms with Gasteiger partial charge in [0.25, 0.3) is 0 Å². The summed E-state index contributed by atoms with van der Waals surface area (Å²) in [5.74, 6) is 0. The first kappa shape index (κ1) is 11.5. The molecule has 0 amide bonds. The van der Waals surface area contributed by atoms with Gasteiger partial charge in [0.1, 0.15) is 0 Å². The molecule has 0 saturated heterocycles. The van der Waals surface area contributed by atoms with Gasteiger partial charge in [0.15, 0.2) is 0 Å². The van der Waals surface area contributed by atoms with Gasteiger partial charge in [-0.05, 0) is 30.7 Å². The van der Waals surface area contributed by atoms with Crippen molar-refractivity contribution in [2.24, 2.45) is 0 Å². The summed E-state index contributed by atoms with van der Waals surface area (Å²) in [5, 5.41) is 0. The fourth-order valence-corrected chi connectivity index (χ4v) is 1.74. The lowest BCUT2D eigenvalue weighted by Gasteiger charge is -2.20. The van der Waals surface area contributed by atoms with Gasteiger partial charge in [0, 0.05) is 18.4 Å². The third kappa shape index (κ3) is 2.97. The molecule has 1 nitrogen and oxygen atoms in total. The molecule has 0 aliphatic carbocycles. The summed E-state index contributed by atoms with van der Waals surface area (Å²) >= 11 is 0. The average molecular weight is 223 g/mol. The van der Waals surface area contributed by atoms with Gasteiger partial charge in [-0.2, -0.15) is 0 Å². The van der Waals surface area contributed by atoms with E-state index >= 15 is 0 Å². The van der Waals surface area contributed by atoms with Gasteiger partial charge in [-0.15, -0.1) is 0 Å². The number of hydrogen-bond donors (Lipinski definition) is 0. The van der Waals surface area contributed by atoms with E-state index in [1.54, 1.807) is 0 Å². The molecule has 0 radical (unpaired) electrons. The number of hydrogen-bond acceptors (Lipinski definition) is 1. The fraction of sp³-hybridized carbons (Fsp3) is 0.125. The van der Waals surface area contributed by atoms with Crippen LogP contribution in [-0.2, 0) is 0 Å². The van der Waals surface area contributed by atoms with Crippen molar-refractivity contribution in [3.63, 3.8) is 0 Å². The summed E-state index contributed by atoms with van der Waals surface area (Å²) in [6, 6.07) is 20.8. The number of anilines is 1. The Hall–Kier alpha value is -2.02. The van der Waals surface area contributed by atoms with Crippen LogP contribution in [0.4, 0.5) is 5.69 Å². The molecule has 0 N–H and O–H groups in total. The highest BCUT2D eigenvalue weighted by Crippen LogP contribution is 2.18. The lowest BCUT2D eigenvalue weighted by Crippen LogP contribution is -2.13. The summed E-state index contributed by atoms with van der Waals surface area (Å²) in [5.41, 5.74) is 3.66. The number of benzene rings is 2. The van der Waals surface area contributed by atoms with Crippen molar-refractivity contribution in [3.05, 3.63) is 71.9 Å². The van der Waals surface area contributed by atoms with E-state index in [2.05, 4.69) is 73.5 Å². The molecule has 0 unspecified atom stereocenters. The largest absolute Gasteiger partial charge is 0.348 e. The van der Waals surface area contributed by atoms with Crippen molar-refractivity contribution in [1.29, 1.82) is 0 Å². The lowest BCUT2D eigenvalue weighted by atomic mass is 10.2. The minimum atomic E-state index is 1.21. The van der Waals surface area contributed by atoms with E-state index in [4.69, 9.17) is 0 Å². The van der Waals surface area contributed by atoms with Crippen LogP contribution in [0.25, 0.3) is 6.08 Å². The maximum atomic E-state index is 2.19. The van der Waals surface area contributed by atoms with Crippen LogP contribution in [0.1, 0.15) is 12.5 Å². The van der Waals surface area contributed by atoms with Crippen LogP contribution in [-0.4, -0.2) is 7.05 Å². The molecular weight excluding hydrogens is 206 g/mol.